The van der Waals surface area contributed by atoms with Crippen molar-refractivity contribution in [2.45, 2.75) is 47.9 Å². The number of morpholine rings is 1. The Morgan fingerprint density at radius 1 is 0.828 bits per heavy atom. The summed E-state index contributed by atoms with van der Waals surface area (Å²) in [6.45, 7) is 15.6. The van der Waals surface area contributed by atoms with Gasteiger partial charge >= 0.3 is 6.36 Å². The zero-order chi connectivity index (χ0) is 22.3. The summed E-state index contributed by atoms with van der Waals surface area (Å²) in [5.74, 6) is -0.178. The van der Waals surface area contributed by atoms with E-state index in [-0.39, 0.29) is 5.75 Å². The van der Waals surface area contributed by atoms with E-state index < -0.39 is 6.36 Å². The lowest BCUT2D eigenvalue weighted by Gasteiger charge is -2.28. The second-order valence-electron chi connectivity index (χ2n) is 5.80. The van der Waals surface area contributed by atoms with E-state index in [1.165, 1.54) is 29.4 Å². The highest BCUT2D eigenvalue weighted by Crippen LogP contribution is 2.22. The standard InChI is InChI=1S/C11H15NO.C8H7F3O.2C2H6/c1-10-2-4-11(5-3-10)12-6-8-13-9-7-12;1-6-3-2-4-7(5-6)12-8(9,10)11;2*1-2/h2-5H,6-9H2,1H3;2-5H,1H3;2*1-2H3. The molecule has 1 heterocycles. The van der Waals surface area contributed by atoms with Gasteiger partial charge in [-0.2, -0.15) is 0 Å². The zero-order valence-corrected chi connectivity index (χ0v) is 18.3. The van der Waals surface area contributed by atoms with Crippen molar-refractivity contribution in [1.29, 1.82) is 0 Å². The third kappa shape index (κ3) is 12.1. The highest BCUT2D eigenvalue weighted by molar-refractivity contribution is 5.47. The SMILES string of the molecule is CC.CC.Cc1ccc(N2CCOCC2)cc1.Cc1cccc(OC(F)(F)F)c1. The molecule has 0 atom stereocenters. The largest absolute Gasteiger partial charge is 0.573 e. The first-order chi connectivity index (χ1) is 13.8. The van der Waals surface area contributed by atoms with Crippen LogP contribution in [0.1, 0.15) is 38.8 Å². The second-order valence-corrected chi connectivity index (χ2v) is 5.80. The van der Waals surface area contributed by atoms with Gasteiger partial charge in [0.05, 0.1) is 13.2 Å². The van der Waals surface area contributed by atoms with Crippen molar-refractivity contribution in [2.24, 2.45) is 0 Å². The van der Waals surface area contributed by atoms with E-state index in [9.17, 15) is 13.2 Å². The van der Waals surface area contributed by atoms with Gasteiger partial charge in [-0.1, -0.05) is 57.5 Å². The number of nitrogens with zero attached hydrogens (tertiary/aromatic N) is 1. The van der Waals surface area contributed by atoms with Gasteiger partial charge in [0.2, 0.25) is 0 Å². The van der Waals surface area contributed by atoms with Gasteiger partial charge in [0, 0.05) is 18.8 Å². The molecule has 1 saturated heterocycles. The molecule has 0 aromatic heterocycles. The maximum absolute atomic E-state index is 11.7. The van der Waals surface area contributed by atoms with E-state index in [2.05, 4.69) is 40.8 Å². The Hall–Kier alpha value is -2.21. The molecule has 0 spiro atoms. The topological polar surface area (TPSA) is 21.7 Å². The van der Waals surface area contributed by atoms with Gasteiger partial charge in [-0.25, -0.2) is 0 Å². The van der Waals surface area contributed by atoms with E-state index in [1.54, 1.807) is 13.0 Å². The van der Waals surface area contributed by atoms with Gasteiger partial charge in [-0.3, -0.25) is 0 Å². The van der Waals surface area contributed by atoms with Gasteiger partial charge in [0.25, 0.3) is 0 Å². The summed E-state index contributed by atoms with van der Waals surface area (Å²) in [7, 11) is 0. The van der Waals surface area contributed by atoms with Crippen molar-refractivity contribution in [3.63, 3.8) is 0 Å². The van der Waals surface area contributed by atoms with Crippen molar-refractivity contribution in [3.8, 4) is 5.75 Å². The third-order valence-corrected chi connectivity index (χ3v) is 3.63. The first-order valence-electron chi connectivity index (χ1n) is 10.1. The molecule has 0 bridgehead atoms. The Labute approximate surface area is 173 Å². The fraction of sp³-hybridized carbons (Fsp3) is 0.478. The Morgan fingerprint density at radius 3 is 1.86 bits per heavy atom. The van der Waals surface area contributed by atoms with Crippen LogP contribution in [0, 0.1) is 13.8 Å². The van der Waals surface area contributed by atoms with Crippen LogP contribution in [-0.2, 0) is 4.74 Å². The Bertz CT molecular complexity index is 652. The zero-order valence-electron chi connectivity index (χ0n) is 18.3. The van der Waals surface area contributed by atoms with Crippen LogP contribution in [0.15, 0.2) is 48.5 Å². The summed E-state index contributed by atoms with van der Waals surface area (Å²) in [6, 6.07) is 14.5. The molecule has 1 fully saturated rings. The van der Waals surface area contributed by atoms with Crippen LogP contribution in [0.2, 0.25) is 0 Å². The molecule has 3 nitrogen and oxygen atoms in total. The molecule has 3 rings (SSSR count). The monoisotopic (exact) mass is 413 g/mol. The number of ether oxygens (including phenoxy) is 2. The van der Waals surface area contributed by atoms with E-state index in [4.69, 9.17) is 4.74 Å². The summed E-state index contributed by atoms with van der Waals surface area (Å²) in [5, 5.41) is 0. The summed E-state index contributed by atoms with van der Waals surface area (Å²) in [6.07, 6.45) is -4.60. The lowest BCUT2D eigenvalue weighted by molar-refractivity contribution is -0.274. The van der Waals surface area contributed by atoms with Crippen LogP contribution in [-0.4, -0.2) is 32.7 Å². The minimum Gasteiger partial charge on any atom is -0.406 e. The van der Waals surface area contributed by atoms with Gasteiger partial charge in [-0.05, 0) is 43.7 Å². The number of halogens is 3. The summed E-state index contributed by atoms with van der Waals surface area (Å²) < 4.78 is 43.9. The highest BCUT2D eigenvalue weighted by Gasteiger charge is 2.30. The van der Waals surface area contributed by atoms with Gasteiger partial charge in [0.15, 0.2) is 0 Å². The molecule has 2 aromatic rings. The fourth-order valence-corrected chi connectivity index (χ4v) is 2.39. The molecule has 0 amide bonds. The number of rotatable bonds is 2. The minimum atomic E-state index is -4.60. The summed E-state index contributed by atoms with van der Waals surface area (Å²) in [5.41, 5.74) is 3.36. The smallest absolute Gasteiger partial charge is 0.406 e. The number of anilines is 1. The molecular formula is C23H34F3NO2. The molecule has 1 aliphatic heterocycles. The van der Waals surface area contributed by atoms with Gasteiger partial charge in [0.1, 0.15) is 5.75 Å². The number of benzene rings is 2. The van der Waals surface area contributed by atoms with Gasteiger partial charge < -0.3 is 14.4 Å². The first kappa shape index (κ1) is 26.8. The molecule has 164 valence electrons. The highest BCUT2D eigenvalue weighted by atomic mass is 19.4. The number of hydrogen-bond acceptors (Lipinski definition) is 3. The average Bonchev–Trinajstić information content (AvgIpc) is 2.71. The lowest BCUT2D eigenvalue weighted by Crippen LogP contribution is -2.36. The number of alkyl halides is 3. The molecule has 0 aliphatic carbocycles. The predicted molar refractivity (Wildman–Crippen MR) is 115 cm³/mol. The first-order valence-corrected chi connectivity index (χ1v) is 10.1. The van der Waals surface area contributed by atoms with Crippen molar-refractivity contribution < 1.29 is 22.6 Å². The second kappa shape index (κ2) is 14.7. The van der Waals surface area contributed by atoms with Crippen LogP contribution < -0.4 is 9.64 Å². The van der Waals surface area contributed by atoms with E-state index in [0.29, 0.717) is 0 Å². The summed E-state index contributed by atoms with van der Waals surface area (Å²) in [4.78, 5) is 2.36. The van der Waals surface area contributed by atoms with Crippen molar-refractivity contribution in [1.82, 2.24) is 0 Å². The van der Waals surface area contributed by atoms with Crippen molar-refractivity contribution in [3.05, 3.63) is 59.7 Å². The van der Waals surface area contributed by atoms with Crippen LogP contribution in [0.3, 0.4) is 0 Å². The Morgan fingerprint density at radius 2 is 1.38 bits per heavy atom. The van der Waals surface area contributed by atoms with Gasteiger partial charge in [-0.15, -0.1) is 13.2 Å². The van der Waals surface area contributed by atoms with E-state index in [0.717, 1.165) is 31.9 Å². The van der Waals surface area contributed by atoms with Crippen molar-refractivity contribution in [2.75, 3.05) is 31.2 Å². The van der Waals surface area contributed by atoms with E-state index in [1.807, 2.05) is 27.7 Å². The normalized spacial score (nSPS) is 12.9. The molecule has 1 aliphatic rings. The van der Waals surface area contributed by atoms with Crippen LogP contribution in [0.5, 0.6) is 5.75 Å². The predicted octanol–water partition coefficient (Wildman–Crippen LogP) is 6.78. The lowest BCUT2D eigenvalue weighted by atomic mass is 10.2. The summed E-state index contributed by atoms with van der Waals surface area (Å²) >= 11 is 0. The molecule has 2 aromatic carbocycles. The average molecular weight is 414 g/mol. The minimum absolute atomic E-state index is 0.178. The third-order valence-electron chi connectivity index (χ3n) is 3.63. The molecule has 0 N–H and O–H groups in total. The molecule has 0 radical (unpaired) electrons. The molecular weight excluding hydrogens is 379 g/mol. The molecule has 6 heteroatoms. The molecule has 0 saturated carbocycles. The van der Waals surface area contributed by atoms with Crippen LogP contribution in [0.4, 0.5) is 18.9 Å². The maximum Gasteiger partial charge on any atom is 0.573 e. The van der Waals surface area contributed by atoms with Crippen molar-refractivity contribution >= 4 is 5.69 Å². The van der Waals surface area contributed by atoms with E-state index >= 15 is 0 Å². The molecule has 0 unspecified atom stereocenters. The quantitative estimate of drug-likeness (QED) is 0.542. The number of hydrogen-bond donors (Lipinski definition) is 0. The Kier molecular flexibility index (Phi) is 13.6. The van der Waals surface area contributed by atoms with Crippen LogP contribution in [0.25, 0.3) is 0 Å². The number of aryl methyl sites for hydroxylation is 2. The maximum atomic E-state index is 11.7. The Balaban J connectivity index is 0.000000463. The molecule has 29 heavy (non-hydrogen) atoms. The fourth-order valence-electron chi connectivity index (χ4n) is 2.39. The van der Waals surface area contributed by atoms with Crippen LogP contribution >= 0.6 is 0 Å².